The van der Waals surface area contributed by atoms with Gasteiger partial charge in [-0.1, -0.05) is 0 Å². The highest BCUT2D eigenvalue weighted by Gasteiger charge is 2.24. The first-order chi connectivity index (χ1) is 35.0. The van der Waals surface area contributed by atoms with Crippen molar-refractivity contribution in [3.05, 3.63) is 130 Å². The Morgan fingerprint density at radius 3 is 1.35 bits per heavy atom. The standard InChI is InChI=1S/C50H44N2O22/c1-23(21-69-47(65)27-9-30(54)17-31(55)10-27)71-48(66)28-11-32(56)18-34(12-28)74-44-41(61)15-26(16-42(44)62)46(64)52-8-7-51-45(63)25-13-39(59)43(40(60)14-25)73-33-4-6-35(38(58)20-33)49(67)70-22-24(2)72-50(68)36-5-3-29(53)19-37(36)57/h3-6,9-20,23-24,53-62H,7-8,21-22H2,1-2H3,(H,51,63)(H,52,64). The van der Waals surface area contributed by atoms with Crippen molar-refractivity contribution in [2.45, 2.75) is 26.1 Å². The van der Waals surface area contributed by atoms with Gasteiger partial charge in [0, 0.05) is 48.5 Å². The number of benzene rings is 6. The highest BCUT2D eigenvalue weighted by Crippen LogP contribution is 2.42. The summed E-state index contributed by atoms with van der Waals surface area (Å²) in [6.45, 7) is 1.49. The maximum absolute atomic E-state index is 12.9. The first kappa shape index (κ1) is 53.1. The molecular weight excluding hydrogens is 981 g/mol. The van der Waals surface area contributed by atoms with Crippen molar-refractivity contribution in [1.82, 2.24) is 10.6 Å². The number of phenols is 10. The molecular formula is C50H44N2O22. The van der Waals surface area contributed by atoms with Gasteiger partial charge in [-0.2, -0.15) is 0 Å². The molecule has 2 amide bonds. The Labute approximate surface area is 417 Å². The number of ether oxygens (including phenoxy) is 6. The summed E-state index contributed by atoms with van der Waals surface area (Å²) in [5.41, 5.74) is -1.50. The number of esters is 4. The fraction of sp³-hybridized carbons (Fsp3) is 0.160. The van der Waals surface area contributed by atoms with Crippen LogP contribution in [0.5, 0.6) is 80.5 Å². The van der Waals surface area contributed by atoms with E-state index in [9.17, 15) is 79.8 Å². The minimum Gasteiger partial charge on any atom is -0.508 e. The minimum absolute atomic E-state index is 0.164. The lowest BCUT2D eigenvalue weighted by molar-refractivity contribution is 0.00412. The van der Waals surface area contributed by atoms with E-state index < -0.39 is 113 Å². The summed E-state index contributed by atoms with van der Waals surface area (Å²) >= 11 is 0. The number of carbonyl (C=O) groups is 6. The van der Waals surface area contributed by atoms with Gasteiger partial charge in [0.2, 0.25) is 11.5 Å². The SMILES string of the molecule is CC(COC(=O)c1cc(O)cc(O)c1)OC(=O)c1cc(O)cc(Oc2c(O)cc(C(=O)NCCNC(=O)c3cc(O)c(Oc4ccc(C(=O)OCC(C)OC(=O)c5ccc(O)cc5O)c(O)c4)c(O)c3)cc2O)c1. The number of rotatable bonds is 19. The van der Waals surface area contributed by atoms with Crippen LogP contribution in [0.4, 0.5) is 0 Å². The van der Waals surface area contributed by atoms with Crippen LogP contribution in [0, 0.1) is 0 Å². The van der Waals surface area contributed by atoms with Crippen molar-refractivity contribution < 1.29 is 108 Å². The normalized spacial score (nSPS) is 11.5. The Balaban J connectivity index is 0.958. The van der Waals surface area contributed by atoms with E-state index in [0.29, 0.717) is 0 Å². The van der Waals surface area contributed by atoms with E-state index in [1.165, 1.54) is 19.9 Å². The van der Waals surface area contributed by atoms with E-state index in [1.807, 2.05) is 0 Å². The molecule has 0 bridgehead atoms. The molecule has 12 N–H and O–H groups in total. The van der Waals surface area contributed by atoms with E-state index in [-0.39, 0.29) is 75.2 Å². The number of hydrogen-bond acceptors (Lipinski definition) is 22. The van der Waals surface area contributed by atoms with Crippen molar-refractivity contribution in [2.75, 3.05) is 26.3 Å². The number of nitrogens with one attached hydrogen (secondary N) is 2. The predicted molar refractivity (Wildman–Crippen MR) is 250 cm³/mol. The molecule has 74 heavy (non-hydrogen) atoms. The predicted octanol–water partition coefficient (Wildman–Crippen LogP) is 5.29. The molecule has 0 saturated heterocycles. The van der Waals surface area contributed by atoms with Gasteiger partial charge < -0.3 is 90.1 Å². The Morgan fingerprint density at radius 1 is 0.405 bits per heavy atom. The smallest absolute Gasteiger partial charge is 0.342 e. The zero-order valence-electron chi connectivity index (χ0n) is 38.6. The summed E-state index contributed by atoms with van der Waals surface area (Å²) in [7, 11) is 0. The zero-order valence-corrected chi connectivity index (χ0v) is 38.6. The van der Waals surface area contributed by atoms with Crippen LogP contribution in [0.25, 0.3) is 0 Å². The fourth-order valence-electron chi connectivity index (χ4n) is 6.49. The van der Waals surface area contributed by atoms with Gasteiger partial charge in [0.15, 0.2) is 23.0 Å². The largest absolute Gasteiger partial charge is 0.508 e. The summed E-state index contributed by atoms with van der Waals surface area (Å²) < 4.78 is 31.6. The molecule has 6 aromatic carbocycles. The molecule has 0 aromatic heterocycles. The third-order valence-corrected chi connectivity index (χ3v) is 9.93. The van der Waals surface area contributed by atoms with Crippen molar-refractivity contribution in [3.63, 3.8) is 0 Å². The Hall–Kier alpha value is -10.3. The lowest BCUT2D eigenvalue weighted by Gasteiger charge is -2.15. The van der Waals surface area contributed by atoms with Gasteiger partial charge in [0.05, 0.1) is 11.1 Å². The van der Waals surface area contributed by atoms with Crippen molar-refractivity contribution >= 4 is 35.7 Å². The van der Waals surface area contributed by atoms with Crippen LogP contribution in [0.1, 0.15) is 76.0 Å². The molecule has 0 spiro atoms. The number of phenolic OH excluding ortho intramolecular Hbond substituents is 10. The minimum atomic E-state index is -1.03. The van der Waals surface area contributed by atoms with E-state index in [0.717, 1.165) is 91.0 Å². The first-order valence-electron chi connectivity index (χ1n) is 21.6. The summed E-state index contributed by atoms with van der Waals surface area (Å²) in [6, 6.07) is 16.5. The number of hydrogen-bond donors (Lipinski definition) is 12. The van der Waals surface area contributed by atoms with Gasteiger partial charge >= 0.3 is 23.9 Å². The second-order valence-electron chi connectivity index (χ2n) is 15.9. The molecule has 386 valence electrons. The molecule has 6 rings (SSSR count). The highest BCUT2D eigenvalue weighted by molar-refractivity contribution is 5.97. The molecule has 0 heterocycles. The van der Waals surface area contributed by atoms with E-state index in [2.05, 4.69) is 10.6 Å². The fourth-order valence-corrected chi connectivity index (χ4v) is 6.49. The molecule has 0 aliphatic carbocycles. The van der Waals surface area contributed by atoms with Crippen molar-refractivity contribution in [2.24, 2.45) is 0 Å². The lowest BCUT2D eigenvalue weighted by atomic mass is 10.1. The second-order valence-corrected chi connectivity index (χ2v) is 15.9. The molecule has 2 atom stereocenters. The third-order valence-electron chi connectivity index (χ3n) is 9.93. The summed E-state index contributed by atoms with van der Waals surface area (Å²) in [4.78, 5) is 75.9. The lowest BCUT2D eigenvalue weighted by Crippen LogP contribution is -2.34. The maximum Gasteiger partial charge on any atom is 0.342 e. The van der Waals surface area contributed by atoms with Gasteiger partial charge in [-0.05, 0) is 86.6 Å². The number of amides is 2. The molecule has 0 aliphatic heterocycles. The second kappa shape index (κ2) is 23.1. The van der Waals surface area contributed by atoms with Crippen LogP contribution < -0.4 is 20.1 Å². The maximum atomic E-state index is 12.9. The van der Waals surface area contributed by atoms with Gasteiger partial charge in [0.25, 0.3) is 11.8 Å². The van der Waals surface area contributed by atoms with Gasteiger partial charge in [0.1, 0.15) is 82.5 Å². The van der Waals surface area contributed by atoms with Crippen LogP contribution in [0.2, 0.25) is 0 Å². The molecule has 2 unspecified atom stereocenters. The number of carbonyl (C=O) groups excluding carboxylic acids is 6. The van der Waals surface area contributed by atoms with Gasteiger partial charge in [-0.25, -0.2) is 19.2 Å². The average molecular weight is 1020 g/mol. The van der Waals surface area contributed by atoms with Gasteiger partial charge in [-0.15, -0.1) is 0 Å². The first-order valence-corrected chi connectivity index (χ1v) is 21.6. The van der Waals surface area contributed by atoms with Crippen LogP contribution in [-0.4, -0.2) is 125 Å². The van der Waals surface area contributed by atoms with Gasteiger partial charge in [-0.3, -0.25) is 9.59 Å². The Morgan fingerprint density at radius 2 is 0.838 bits per heavy atom. The van der Waals surface area contributed by atoms with Crippen LogP contribution in [-0.2, 0) is 18.9 Å². The molecule has 24 nitrogen and oxygen atoms in total. The third kappa shape index (κ3) is 13.7. The molecule has 6 aromatic rings. The molecule has 0 aliphatic rings. The summed E-state index contributed by atoms with van der Waals surface area (Å²) in [5.74, 6) is -12.7. The van der Waals surface area contributed by atoms with Crippen molar-refractivity contribution in [3.8, 4) is 80.5 Å². The van der Waals surface area contributed by atoms with E-state index >= 15 is 0 Å². The molecule has 0 saturated carbocycles. The van der Waals surface area contributed by atoms with Crippen molar-refractivity contribution in [1.29, 1.82) is 0 Å². The van der Waals surface area contributed by atoms with E-state index in [1.54, 1.807) is 0 Å². The Bertz CT molecular complexity index is 3090. The highest BCUT2D eigenvalue weighted by atomic mass is 16.6. The molecule has 0 fully saturated rings. The Kier molecular flexibility index (Phi) is 16.6. The summed E-state index contributed by atoms with van der Waals surface area (Å²) in [6.07, 6.45) is -2.03. The van der Waals surface area contributed by atoms with Crippen LogP contribution >= 0.6 is 0 Å². The monoisotopic (exact) mass is 1020 g/mol. The zero-order chi connectivity index (χ0) is 54.0. The van der Waals surface area contributed by atoms with Crippen LogP contribution in [0.15, 0.2) is 97.1 Å². The topological polar surface area (TPSA) is 384 Å². The molecule has 24 heteroatoms. The number of aromatic hydroxyl groups is 10. The van der Waals surface area contributed by atoms with E-state index in [4.69, 9.17) is 28.4 Å². The molecule has 0 radical (unpaired) electrons. The van der Waals surface area contributed by atoms with Crippen LogP contribution in [0.3, 0.4) is 0 Å². The summed E-state index contributed by atoms with van der Waals surface area (Å²) in [5, 5.41) is 107. The quantitative estimate of drug-likeness (QED) is 0.0278. The average Bonchev–Trinajstić information content (AvgIpc) is 3.32.